The Labute approximate surface area is 469 Å². The minimum Gasteiger partial charge on any atom is -0.459 e. The molecule has 20 heteroatoms. The molecule has 446 valence electrons. The lowest BCUT2D eigenvalue weighted by Gasteiger charge is -2.51. The van der Waals surface area contributed by atoms with Gasteiger partial charge in [-0.1, -0.05) is 82.3 Å². The van der Waals surface area contributed by atoms with Gasteiger partial charge in [-0.2, -0.15) is 0 Å². The second kappa shape index (κ2) is 25.8. The minimum absolute atomic E-state index is 0.00429. The van der Waals surface area contributed by atoms with Gasteiger partial charge in [0, 0.05) is 100 Å². The zero-order chi connectivity index (χ0) is 57.4. The molecule has 19 nitrogen and oxygen atoms in total. The van der Waals surface area contributed by atoms with Crippen molar-refractivity contribution in [1.29, 1.82) is 0 Å². The van der Waals surface area contributed by atoms with Crippen molar-refractivity contribution >= 4 is 23.4 Å². The Kier molecular flexibility index (Phi) is 20.4. The van der Waals surface area contributed by atoms with Crippen LogP contribution in [0.25, 0.3) is 0 Å². The number of hydrogen-bond donors (Lipinski definition) is 8. The zero-order valence-corrected chi connectivity index (χ0v) is 47.6. The first-order valence-corrected chi connectivity index (χ1v) is 29.1. The summed E-state index contributed by atoms with van der Waals surface area (Å²) in [6, 6.07) is 0. The molecule has 2 spiro atoms. The highest BCUT2D eigenvalue weighted by Gasteiger charge is 2.58. The number of allylic oxidation sites excluding steroid dienone is 3. The summed E-state index contributed by atoms with van der Waals surface area (Å²) in [5.74, 6) is -8.17. The molecule has 8 heterocycles. The highest BCUT2D eigenvalue weighted by atomic mass is 35.5. The third-order valence-corrected chi connectivity index (χ3v) is 18.1. The molecular formula is C59H89ClO19. The van der Waals surface area contributed by atoms with Crippen LogP contribution in [0.4, 0.5) is 0 Å². The summed E-state index contributed by atoms with van der Waals surface area (Å²) in [6.07, 6.45) is -4.63. The fourth-order valence-corrected chi connectivity index (χ4v) is 14.0. The van der Waals surface area contributed by atoms with E-state index in [9.17, 15) is 50.4 Å². The Balaban J connectivity index is 1.08. The van der Waals surface area contributed by atoms with Gasteiger partial charge in [-0.05, 0) is 50.7 Å². The van der Waals surface area contributed by atoms with Crippen molar-refractivity contribution in [1.82, 2.24) is 0 Å². The summed E-state index contributed by atoms with van der Waals surface area (Å²) in [4.78, 5) is 28.4. The molecule has 7 saturated heterocycles. The van der Waals surface area contributed by atoms with Gasteiger partial charge in [-0.25, -0.2) is 0 Å². The summed E-state index contributed by atoms with van der Waals surface area (Å²) in [6.45, 7) is 16.8. The number of carbonyl (C=O) groups is 2. The van der Waals surface area contributed by atoms with Crippen molar-refractivity contribution in [3.05, 3.63) is 59.7 Å². The highest BCUT2D eigenvalue weighted by Crippen LogP contribution is 2.47. The van der Waals surface area contributed by atoms with E-state index in [2.05, 4.69) is 13.2 Å². The van der Waals surface area contributed by atoms with E-state index >= 15 is 0 Å². The predicted octanol–water partition coefficient (Wildman–Crippen LogP) is 4.79. The van der Waals surface area contributed by atoms with Crippen LogP contribution < -0.4 is 0 Å². The van der Waals surface area contributed by atoms with Gasteiger partial charge in [0.15, 0.2) is 17.4 Å². The van der Waals surface area contributed by atoms with Crippen LogP contribution >= 0.6 is 11.6 Å². The van der Waals surface area contributed by atoms with Crippen LogP contribution in [-0.4, -0.2) is 187 Å². The normalized spacial score (nSPS) is 48.3. The molecule has 0 aliphatic carbocycles. The monoisotopic (exact) mass is 1140 g/mol. The van der Waals surface area contributed by atoms with E-state index in [1.165, 1.54) is 12.2 Å². The Bertz CT molecular complexity index is 2240. The molecule has 0 radical (unpaired) electrons. The van der Waals surface area contributed by atoms with Gasteiger partial charge in [-0.15, -0.1) is 0 Å². The van der Waals surface area contributed by atoms with Gasteiger partial charge < -0.3 is 83.5 Å². The standard InChI is InChI=1S/C59H89ClO19/c1-31(16-38(61)15-14-32(2)60)17-49-51(67)53-36(6)54(73-49)55(68)59(70)28-47(65)34(4)48(79-59)13-11-9-10-12-41-19-39(62)24-57(75-41)27-44(71-8)21-43(76-57)22-46(64)35(5)52-33(3)37(29-72-52)18-45-26-56(7,69)30-58(78-45)25-40(63)20-42(77-58)23-50(66)74-53/h10,12,14-15,18,33-36,38-45,47-49,51-55,61-63,65,67-70H,1-2,9,11,13,16-17,19-30H2,3-8H3/b12-10-,15-14+,37-18+. The predicted molar refractivity (Wildman–Crippen MR) is 287 cm³/mol. The van der Waals surface area contributed by atoms with Crippen molar-refractivity contribution in [2.45, 2.75) is 258 Å². The fraction of sp³-hybridized carbons (Fsp3) is 0.797. The molecule has 12 bridgehead atoms. The number of aliphatic hydroxyl groups is 8. The first-order valence-electron chi connectivity index (χ1n) is 28.7. The molecule has 8 aliphatic heterocycles. The smallest absolute Gasteiger partial charge is 0.308 e. The molecule has 79 heavy (non-hydrogen) atoms. The molecule has 0 aromatic rings. The highest BCUT2D eigenvalue weighted by molar-refractivity contribution is 6.30. The van der Waals surface area contributed by atoms with Crippen molar-refractivity contribution in [3.8, 4) is 0 Å². The van der Waals surface area contributed by atoms with Crippen LogP contribution in [0.5, 0.6) is 0 Å². The first kappa shape index (κ1) is 62.5. The number of rotatable bonds is 7. The van der Waals surface area contributed by atoms with Crippen LogP contribution in [0, 0.1) is 23.7 Å². The number of hydrogen-bond acceptors (Lipinski definition) is 19. The van der Waals surface area contributed by atoms with Gasteiger partial charge in [0.25, 0.3) is 0 Å². The summed E-state index contributed by atoms with van der Waals surface area (Å²) >= 11 is 5.88. The van der Waals surface area contributed by atoms with Gasteiger partial charge in [0.1, 0.15) is 24.1 Å². The molecule has 0 amide bonds. The molecule has 24 atom stereocenters. The number of Topliss-reactive ketones (excluding diaryl/α,β-unsaturated/α-hetero) is 1. The van der Waals surface area contributed by atoms with Crippen LogP contribution in [0.15, 0.2) is 59.7 Å². The van der Waals surface area contributed by atoms with Crippen LogP contribution in [0.2, 0.25) is 0 Å². The number of halogens is 1. The van der Waals surface area contributed by atoms with Crippen molar-refractivity contribution in [3.63, 3.8) is 0 Å². The molecule has 7 fully saturated rings. The van der Waals surface area contributed by atoms with Gasteiger partial charge in [0.05, 0.1) is 98.0 Å². The number of methoxy groups -OCH3 is 1. The summed E-state index contributed by atoms with van der Waals surface area (Å²) in [5, 5.41) is 93.4. The second-order valence-corrected chi connectivity index (χ2v) is 25.3. The van der Waals surface area contributed by atoms with Crippen molar-refractivity contribution in [2.75, 3.05) is 13.7 Å². The Morgan fingerprint density at radius 2 is 1.53 bits per heavy atom. The number of carbonyl (C=O) groups excluding carboxylic acids is 2. The van der Waals surface area contributed by atoms with E-state index in [1.54, 1.807) is 27.9 Å². The third-order valence-electron chi connectivity index (χ3n) is 17.9. The Morgan fingerprint density at radius 1 is 0.835 bits per heavy atom. The molecule has 0 saturated carbocycles. The zero-order valence-electron chi connectivity index (χ0n) is 46.8. The number of ether oxygens (including phenoxy) is 9. The lowest BCUT2D eigenvalue weighted by Crippen LogP contribution is -2.65. The molecule has 0 aromatic carbocycles. The molecule has 8 rings (SSSR count). The van der Waals surface area contributed by atoms with E-state index in [1.807, 2.05) is 32.1 Å². The second-order valence-electron chi connectivity index (χ2n) is 24.9. The maximum absolute atomic E-state index is 14.2. The number of ketones is 1. The van der Waals surface area contributed by atoms with E-state index in [4.69, 9.17) is 54.2 Å². The van der Waals surface area contributed by atoms with Gasteiger partial charge in [0.2, 0.25) is 0 Å². The van der Waals surface area contributed by atoms with Gasteiger partial charge >= 0.3 is 5.97 Å². The summed E-state index contributed by atoms with van der Waals surface area (Å²) < 4.78 is 57.8. The van der Waals surface area contributed by atoms with Gasteiger partial charge in [-0.3, -0.25) is 9.59 Å². The molecule has 24 unspecified atom stereocenters. The molecular weight excluding hydrogens is 1050 g/mol. The average molecular weight is 1140 g/mol. The van der Waals surface area contributed by atoms with Crippen molar-refractivity contribution in [2.24, 2.45) is 23.7 Å². The topological polar surface area (TPSA) is 279 Å². The van der Waals surface area contributed by atoms with E-state index in [0.29, 0.717) is 44.1 Å². The van der Waals surface area contributed by atoms with E-state index in [-0.39, 0.29) is 87.2 Å². The van der Waals surface area contributed by atoms with E-state index in [0.717, 1.165) is 5.57 Å². The number of esters is 1. The largest absolute Gasteiger partial charge is 0.459 e. The third kappa shape index (κ3) is 15.3. The Hall–Kier alpha value is -2.51. The Morgan fingerprint density at radius 3 is 2.27 bits per heavy atom. The molecule has 8 aliphatic rings. The maximum atomic E-state index is 14.2. The summed E-state index contributed by atoms with van der Waals surface area (Å²) in [7, 11) is 1.61. The molecule has 8 N–H and O–H groups in total. The number of fused-ring (bicyclic) bond motifs is 10. The SMILES string of the molecule is C=C(Cl)/C=C/C(O)CC(=C)CC1OC2C(C)C(OC(=O)CC3CC(O)CC4(CC(C)(O)CC(/C=C5\COC(C(C)C(=O)CC6CC(OC)CC7(CC(O)CC(/C=C\CCCC8OC(O)(CC(O)C8C)C2O)O7)O6)C5C)O4)O3)C1O. The van der Waals surface area contributed by atoms with Crippen LogP contribution in [0.1, 0.15) is 137 Å². The quantitative estimate of drug-likeness (QED) is 0.0967. The summed E-state index contributed by atoms with van der Waals surface area (Å²) in [5.41, 5.74) is -0.0333. The lowest BCUT2D eigenvalue weighted by atomic mass is 9.78. The van der Waals surface area contributed by atoms with Crippen LogP contribution in [-0.2, 0) is 52.2 Å². The number of aliphatic hydroxyl groups excluding tert-OH is 6. The minimum atomic E-state index is -2.37. The fourth-order valence-electron chi connectivity index (χ4n) is 13.9. The average Bonchev–Trinajstić information content (AvgIpc) is 3.82. The molecule has 0 aromatic heterocycles. The first-order chi connectivity index (χ1) is 37.2. The lowest BCUT2D eigenvalue weighted by molar-refractivity contribution is -0.350. The van der Waals surface area contributed by atoms with Crippen molar-refractivity contribution < 1.29 is 93.1 Å². The maximum Gasteiger partial charge on any atom is 0.308 e. The van der Waals surface area contributed by atoms with Crippen LogP contribution in [0.3, 0.4) is 0 Å². The van der Waals surface area contributed by atoms with E-state index < -0.39 is 145 Å².